The van der Waals surface area contributed by atoms with Gasteiger partial charge in [-0.05, 0) is 36.6 Å². The Bertz CT molecular complexity index is 488. The molecular formula is C14H16N2O3. The van der Waals surface area contributed by atoms with Crippen LogP contribution in [0.3, 0.4) is 0 Å². The van der Waals surface area contributed by atoms with E-state index in [1.54, 1.807) is 24.3 Å². The Morgan fingerprint density at radius 2 is 2.00 bits per heavy atom. The van der Waals surface area contributed by atoms with Crippen LogP contribution in [0, 0.1) is 17.2 Å². The van der Waals surface area contributed by atoms with Crippen LogP contribution in [0.4, 0.5) is 0 Å². The van der Waals surface area contributed by atoms with Crippen molar-refractivity contribution >= 4 is 11.9 Å². The van der Waals surface area contributed by atoms with E-state index in [4.69, 9.17) is 10.4 Å². The van der Waals surface area contributed by atoms with Gasteiger partial charge in [0.05, 0.1) is 11.6 Å². The summed E-state index contributed by atoms with van der Waals surface area (Å²) in [5.41, 5.74) is 0.996. The Morgan fingerprint density at radius 3 is 2.53 bits per heavy atom. The van der Waals surface area contributed by atoms with Crippen molar-refractivity contribution in [3.63, 3.8) is 0 Å². The number of rotatable bonds is 6. The molecule has 0 bridgehead atoms. The van der Waals surface area contributed by atoms with Crippen LogP contribution in [0.25, 0.3) is 0 Å². The van der Waals surface area contributed by atoms with Gasteiger partial charge in [-0.3, -0.25) is 9.59 Å². The first-order valence-corrected chi connectivity index (χ1v) is 6.03. The van der Waals surface area contributed by atoms with Gasteiger partial charge in [0.15, 0.2) is 0 Å². The maximum atomic E-state index is 11.8. The quantitative estimate of drug-likeness (QED) is 0.815. The van der Waals surface area contributed by atoms with E-state index < -0.39 is 5.97 Å². The van der Waals surface area contributed by atoms with Crippen molar-refractivity contribution < 1.29 is 14.7 Å². The van der Waals surface area contributed by atoms with E-state index in [1.807, 2.05) is 13.0 Å². The van der Waals surface area contributed by atoms with E-state index in [-0.39, 0.29) is 18.2 Å². The van der Waals surface area contributed by atoms with Crippen molar-refractivity contribution in [2.45, 2.75) is 19.8 Å². The number of carboxylic acids is 1. The van der Waals surface area contributed by atoms with Crippen LogP contribution in [0.2, 0.25) is 0 Å². The molecule has 100 valence electrons. The fourth-order valence-corrected chi connectivity index (χ4v) is 1.54. The maximum absolute atomic E-state index is 11.8. The third-order valence-corrected chi connectivity index (χ3v) is 2.74. The Labute approximate surface area is 111 Å². The molecule has 0 aliphatic rings. The first kappa shape index (κ1) is 14.7. The third-order valence-electron chi connectivity index (χ3n) is 2.74. The Kier molecular flexibility index (Phi) is 5.55. The van der Waals surface area contributed by atoms with E-state index in [1.165, 1.54) is 0 Å². The molecule has 1 atom stereocenters. The molecule has 5 heteroatoms. The molecule has 0 spiro atoms. The molecule has 1 aromatic carbocycles. The lowest BCUT2D eigenvalue weighted by Gasteiger charge is -2.11. The number of benzene rings is 1. The highest BCUT2D eigenvalue weighted by molar-refractivity contribution is 5.94. The molecule has 0 fully saturated rings. The number of nitrogens with zero attached hydrogens (tertiary/aromatic N) is 1. The molecular weight excluding hydrogens is 244 g/mol. The standard InChI is InChI=1S/C14H16N2O3/c1-10(2-7-13(17)18)9-16-14(19)12-5-3-11(8-15)4-6-12/h3-6,10H,2,7,9H2,1H3,(H,16,19)(H,17,18). The van der Waals surface area contributed by atoms with Gasteiger partial charge < -0.3 is 10.4 Å². The monoisotopic (exact) mass is 260 g/mol. The van der Waals surface area contributed by atoms with Crippen molar-refractivity contribution in [2.24, 2.45) is 5.92 Å². The number of nitrogens with one attached hydrogen (secondary N) is 1. The van der Waals surface area contributed by atoms with Crippen LogP contribution in [-0.4, -0.2) is 23.5 Å². The van der Waals surface area contributed by atoms with Gasteiger partial charge in [-0.15, -0.1) is 0 Å². The number of hydrogen-bond donors (Lipinski definition) is 2. The van der Waals surface area contributed by atoms with Crippen molar-refractivity contribution in [3.05, 3.63) is 35.4 Å². The van der Waals surface area contributed by atoms with E-state index in [9.17, 15) is 9.59 Å². The Morgan fingerprint density at radius 1 is 1.37 bits per heavy atom. The average Bonchev–Trinajstić information content (AvgIpc) is 2.42. The van der Waals surface area contributed by atoms with Gasteiger partial charge in [0.2, 0.25) is 0 Å². The second-order valence-corrected chi connectivity index (χ2v) is 4.44. The lowest BCUT2D eigenvalue weighted by molar-refractivity contribution is -0.137. The van der Waals surface area contributed by atoms with Gasteiger partial charge in [-0.1, -0.05) is 6.92 Å². The van der Waals surface area contributed by atoms with Crippen LogP contribution >= 0.6 is 0 Å². The van der Waals surface area contributed by atoms with Crippen LogP contribution in [0.1, 0.15) is 35.7 Å². The lowest BCUT2D eigenvalue weighted by Crippen LogP contribution is -2.28. The molecule has 0 aromatic heterocycles. The highest BCUT2D eigenvalue weighted by atomic mass is 16.4. The molecule has 1 unspecified atom stereocenters. The van der Waals surface area contributed by atoms with Crippen molar-refractivity contribution in [3.8, 4) is 6.07 Å². The summed E-state index contributed by atoms with van der Waals surface area (Å²) in [5.74, 6) is -0.935. The summed E-state index contributed by atoms with van der Waals surface area (Å²) in [7, 11) is 0. The van der Waals surface area contributed by atoms with Gasteiger partial charge in [0, 0.05) is 18.5 Å². The second kappa shape index (κ2) is 7.17. The molecule has 1 aromatic rings. The molecule has 19 heavy (non-hydrogen) atoms. The molecule has 0 radical (unpaired) electrons. The fourth-order valence-electron chi connectivity index (χ4n) is 1.54. The van der Waals surface area contributed by atoms with Crippen molar-refractivity contribution in [1.29, 1.82) is 5.26 Å². The Balaban J connectivity index is 2.42. The molecule has 1 amide bonds. The summed E-state index contributed by atoms with van der Waals surface area (Å²) in [6, 6.07) is 8.34. The van der Waals surface area contributed by atoms with Crippen LogP contribution in [-0.2, 0) is 4.79 Å². The van der Waals surface area contributed by atoms with Crippen molar-refractivity contribution in [1.82, 2.24) is 5.32 Å². The van der Waals surface area contributed by atoms with E-state index in [0.29, 0.717) is 24.1 Å². The lowest BCUT2D eigenvalue weighted by atomic mass is 10.1. The Hall–Kier alpha value is -2.35. The smallest absolute Gasteiger partial charge is 0.303 e. The van der Waals surface area contributed by atoms with E-state index in [0.717, 1.165) is 0 Å². The summed E-state index contributed by atoms with van der Waals surface area (Å²) >= 11 is 0. The predicted octanol–water partition coefficient (Wildman–Crippen LogP) is 1.79. The van der Waals surface area contributed by atoms with Gasteiger partial charge >= 0.3 is 5.97 Å². The number of carboxylic acid groups (broad SMARTS) is 1. The first-order chi connectivity index (χ1) is 9.02. The first-order valence-electron chi connectivity index (χ1n) is 6.03. The molecule has 5 nitrogen and oxygen atoms in total. The summed E-state index contributed by atoms with van der Waals surface area (Å²) in [6.07, 6.45) is 0.636. The van der Waals surface area contributed by atoms with Gasteiger partial charge in [0.1, 0.15) is 0 Å². The summed E-state index contributed by atoms with van der Waals surface area (Å²) < 4.78 is 0. The molecule has 1 rings (SSSR count). The second-order valence-electron chi connectivity index (χ2n) is 4.44. The molecule has 0 saturated heterocycles. The highest BCUT2D eigenvalue weighted by Gasteiger charge is 2.09. The van der Waals surface area contributed by atoms with Crippen LogP contribution in [0.5, 0.6) is 0 Å². The number of carbonyl (C=O) groups excluding carboxylic acids is 1. The number of carbonyl (C=O) groups is 2. The van der Waals surface area contributed by atoms with Gasteiger partial charge in [0.25, 0.3) is 5.91 Å². The van der Waals surface area contributed by atoms with Crippen molar-refractivity contribution in [2.75, 3.05) is 6.54 Å². The molecule has 0 aliphatic carbocycles. The largest absolute Gasteiger partial charge is 0.481 e. The summed E-state index contributed by atoms with van der Waals surface area (Å²) in [6.45, 7) is 2.33. The minimum Gasteiger partial charge on any atom is -0.481 e. The fraction of sp³-hybridized carbons (Fsp3) is 0.357. The summed E-state index contributed by atoms with van der Waals surface area (Å²) in [4.78, 5) is 22.2. The predicted molar refractivity (Wildman–Crippen MR) is 69.5 cm³/mol. The molecule has 0 saturated carbocycles. The zero-order chi connectivity index (χ0) is 14.3. The zero-order valence-corrected chi connectivity index (χ0v) is 10.7. The van der Waals surface area contributed by atoms with Gasteiger partial charge in [-0.2, -0.15) is 5.26 Å². The maximum Gasteiger partial charge on any atom is 0.303 e. The number of hydrogen-bond acceptors (Lipinski definition) is 3. The average molecular weight is 260 g/mol. The summed E-state index contributed by atoms with van der Waals surface area (Å²) in [5, 5.41) is 19.9. The number of aliphatic carboxylic acids is 1. The highest BCUT2D eigenvalue weighted by Crippen LogP contribution is 2.06. The molecule has 0 heterocycles. The van der Waals surface area contributed by atoms with E-state index >= 15 is 0 Å². The van der Waals surface area contributed by atoms with E-state index in [2.05, 4.69) is 5.32 Å². The minimum atomic E-state index is -0.828. The molecule has 0 aliphatic heterocycles. The normalized spacial score (nSPS) is 11.4. The number of amides is 1. The van der Waals surface area contributed by atoms with Gasteiger partial charge in [-0.25, -0.2) is 0 Å². The number of nitriles is 1. The zero-order valence-electron chi connectivity index (χ0n) is 10.7. The minimum absolute atomic E-state index is 0.105. The van der Waals surface area contributed by atoms with Crippen LogP contribution in [0.15, 0.2) is 24.3 Å². The third kappa shape index (κ3) is 5.21. The SMILES string of the molecule is CC(CCC(=O)O)CNC(=O)c1ccc(C#N)cc1. The van der Waals surface area contributed by atoms with Crippen LogP contribution < -0.4 is 5.32 Å². The topological polar surface area (TPSA) is 90.2 Å². The molecule has 2 N–H and O–H groups in total.